The Morgan fingerprint density at radius 3 is 2.88 bits per heavy atom. The summed E-state index contributed by atoms with van der Waals surface area (Å²) in [7, 11) is 0. The molecule has 0 saturated carbocycles. The van der Waals surface area contributed by atoms with Crippen LogP contribution in [0.4, 0.5) is 10.5 Å². The van der Waals surface area contributed by atoms with Gasteiger partial charge >= 0.3 is 6.09 Å². The number of halogens is 1. The van der Waals surface area contributed by atoms with Gasteiger partial charge in [-0.15, -0.1) is 0 Å². The van der Waals surface area contributed by atoms with Crippen LogP contribution in [-0.2, 0) is 4.74 Å². The third-order valence-electron chi connectivity index (χ3n) is 1.86. The molecule has 1 aromatic rings. The summed E-state index contributed by atoms with van der Waals surface area (Å²) in [6.07, 6.45) is 1.38. The third kappa shape index (κ3) is 5.10. The van der Waals surface area contributed by atoms with Gasteiger partial charge in [0.25, 0.3) is 5.24 Å². The molecule has 0 heterocycles. The number of hydrogen-bond acceptors (Lipinski definition) is 4. The third-order valence-corrected chi connectivity index (χ3v) is 2.65. The first-order valence-corrected chi connectivity index (χ1v) is 6.63. The van der Waals surface area contributed by atoms with Crippen molar-refractivity contribution in [1.29, 1.82) is 0 Å². The second-order valence-corrected chi connectivity index (χ2v) is 4.44. The van der Waals surface area contributed by atoms with Crippen molar-refractivity contribution in [2.75, 3.05) is 23.9 Å². The van der Waals surface area contributed by atoms with Crippen LogP contribution in [0.2, 0.25) is 0 Å². The highest BCUT2D eigenvalue weighted by Crippen LogP contribution is 2.12. The lowest BCUT2D eigenvalue weighted by Crippen LogP contribution is -2.15. The van der Waals surface area contributed by atoms with E-state index in [-0.39, 0.29) is 0 Å². The molecule has 1 N–H and O–H groups in total. The summed E-state index contributed by atoms with van der Waals surface area (Å²) in [5.74, 6) is 0.744. The fourth-order valence-corrected chi connectivity index (χ4v) is 1.46. The van der Waals surface area contributed by atoms with E-state index in [9.17, 15) is 9.59 Å². The number of benzene rings is 1. The van der Waals surface area contributed by atoms with Crippen LogP contribution in [0.5, 0.6) is 0 Å². The Labute approximate surface area is 109 Å². The molecule has 17 heavy (non-hydrogen) atoms. The van der Waals surface area contributed by atoms with Gasteiger partial charge in [-0.05, 0) is 36.1 Å². The number of thioether (sulfide) groups is 1. The molecule has 1 aromatic carbocycles. The topological polar surface area (TPSA) is 55.4 Å². The van der Waals surface area contributed by atoms with Crippen LogP contribution in [0.1, 0.15) is 10.4 Å². The molecule has 0 bridgehead atoms. The lowest BCUT2D eigenvalue weighted by atomic mass is 10.2. The molecular weight excluding hydrogens is 262 g/mol. The maximum Gasteiger partial charge on any atom is 0.411 e. The van der Waals surface area contributed by atoms with Gasteiger partial charge in [0.1, 0.15) is 6.61 Å². The van der Waals surface area contributed by atoms with Gasteiger partial charge in [-0.25, -0.2) is 4.79 Å². The van der Waals surface area contributed by atoms with Crippen molar-refractivity contribution in [2.24, 2.45) is 0 Å². The minimum absolute atomic E-state index is 0.327. The Morgan fingerprint density at radius 1 is 1.47 bits per heavy atom. The first kappa shape index (κ1) is 13.9. The molecule has 1 rings (SSSR count). The average Bonchev–Trinajstić information content (AvgIpc) is 2.29. The fraction of sp³-hybridized carbons (Fsp3) is 0.273. The van der Waals surface area contributed by atoms with E-state index >= 15 is 0 Å². The fourth-order valence-electron chi connectivity index (χ4n) is 1.09. The van der Waals surface area contributed by atoms with Crippen molar-refractivity contribution in [3.63, 3.8) is 0 Å². The van der Waals surface area contributed by atoms with E-state index in [2.05, 4.69) is 5.32 Å². The second kappa shape index (κ2) is 7.19. The monoisotopic (exact) mass is 273 g/mol. The Morgan fingerprint density at radius 2 is 2.24 bits per heavy atom. The predicted octanol–water partition coefficient (Wildman–Crippen LogP) is 2.98. The standard InChI is InChI=1S/C11H12ClNO3S/c1-17-6-5-16-11(15)13-9-4-2-3-8(7-9)10(12)14/h2-4,7H,5-6H2,1H3,(H,13,15). The van der Waals surface area contributed by atoms with Gasteiger partial charge in [0.15, 0.2) is 0 Å². The van der Waals surface area contributed by atoms with Crippen molar-refractivity contribution >= 4 is 40.4 Å². The number of amides is 1. The number of ether oxygens (including phenoxy) is 1. The molecule has 0 atom stereocenters. The molecule has 0 saturated heterocycles. The molecule has 0 radical (unpaired) electrons. The van der Waals surface area contributed by atoms with Crippen molar-refractivity contribution < 1.29 is 14.3 Å². The van der Waals surface area contributed by atoms with Crippen LogP contribution in [0.15, 0.2) is 24.3 Å². The van der Waals surface area contributed by atoms with E-state index in [0.29, 0.717) is 17.9 Å². The first-order valence-electron chi connectivity index (χ1n) is 4.86. The Balaban J connectivity index is 2.53. The Bertz CT molecular complexity index is 411. The summed E-state index contributed by atoms with van der Waals surface area (Å²) >= 11 is 6.92. The minimum atomic E-state index is -0.565. The van der Waals surface area contributed by atoms with Crippen LogP contribution in [0, 0.1) is 0 Å². The maximum atomic E-state index is 11.3. The first-order chi connectivity index (χ1) is 8.13. The maximum absolute atomic E-state index is 11.3. The molecule has 0 aliphatic rings. The zero-order chi connectivity index (χ0) is 12.7. The number of rotatable bonds is 5. The van der Waals surface area contributed by atoms with Gasteiger partial charge in [-0.3, -0.25) is 10.1 Å². The van der Waals surface area contributed by atoms with E-state index in [0.717, 1.165) is 5.75 Å². The number of hydrogen-bond donors (Lipinski definition) is 1. The highest BCUT2D eigenvalue weighted by molar-refractivity contribution is 7.98. The summed E-state index contributed by atoms with van der Waals surface area (Å²) in [6.45, 7) is 0.348. The molecular formula is C11H12ClNO3S. The lowest BCUT2D eigenvalue weighted by molar-refractivity contribution is 0.108. The quantitative estimate of drug-likeness (QED) is 0.662. The van der Waals surface area contributed by atoms with E-state index in [1.807, 2.05) is 6.26 Å². The zero-order valence-electron chi connectivity index (χ0n) is 9.23. The summed E-state index contributed by atoms with van der Waals surface area (Å²) < 4.78 is 4.90. The molecule has 6 heteroatoms. The highest BCUT2D eigenvalue weighted by Gasteiger charge is 2.06. The van der Waals surface area contributed by atoms with Crippen LogP contribution in [0.3, 0.4) is 0 Å². The predicted molar refractivity (Wildman–Crippen MR) is 70.0 cm³/mol. The summed E-state index contributed by atoms with van der Waals surface area (Å²) in [4.78, 5) is 22.2. The van der Waals surface area contributed by atoms with E-state index in [4.69, 9.17) is 16.3 Å². The molecule has 0 unspecified atom stereocenters. The Kier molecular flexibility index (Phi) is 5.86. The molecule has 0 aromatic heterocycles. The van der Waals surface area contributed by atoms with Crippen LogP contribution >= 0.6 is 23.4 Å². The van der Waals surface area contributed by atoms with Crippen LogP contribution in [0.25, 0.3) is 0 Å². The van der Waals surface area contributed by atoms with E-state index in [1.54, 1.807) is 30.0 Å². The highest BCUT2D eigenvalue weighted by atomic mass is 35.5. The van der Waals surface area contributed by atoms with Crippen LogP contribution in [-0.4, -0.2) is 30.0 Å². The Hall–Kier alpha value is -1.20. The molecule has 0 aliphatic carbocycles. The molecule has 0 fully saturated rings. The molecule has 4 nitrogen and oxygen atoms in total. The van der Waals surface area contributed by atoms with Crippen molar-refractivity contribution in [1.82, 2.24) is 0 Å². The molecule has 92 valence electrons. The van der Waals surface area contributed by atoms with Crippen LogP contribution < -0.4 is 5.32 Å². The summed E-state index contributed by atoms with van der Waals surface area (Å²) in [6, 6.07) is 6.34. The number of carbonyl (C=O) groups excluding carboxylic acids is 2. The summed E-state index contributed by atoms with van der Waals surface area (Å²) in [5.41, 5.74) is 0.805. The SMILES string of the molecule is CSCCOC(=O)Nc1cccc(C(=O)Cl)c1. The van der Waals surface area contributed by atoms with Crippen molar-refractivity contribution in [2.45, 2.75) is 0 Å². The van der Waals surface area contributed by atoms with Gasteiger partial charge in [0, 0.05) is 17.0 Å². The van der Waals surface area contributed by atoms with Crippen molar-refractivity contribution in [3.05, 3.63) is 29.8 Å². The van der Waals surface area contributed by atoms with E-state index in [1.165, 1.54) is 6.07 Å². The average molecular weight is 274 g/mol. The van der Waals surface area contributed by atoms with E-state index < -0.39 is 11.3 Å². The van der Waals surface area contributed by atoms with Gasteiger partial charge in [0.2, 0.25) is 0 Å². The van der Waals surface area contributed by atoms with Gasteiger partial charge in [-0.2, -0.15) is 11.8 Å². The molecule has 0 spiro atoms. The smallest absolute Gasteiger partial charge is 0.411 e. The van der Waals surface area contributed by atoms with Gasteiger partial charge in [-0.1, -0.05) is 6.07 Å². The molecule has 1 amide bonds. The largest absolute Gasteiger partial charge is 0.448 e. The zero-order valence-corrected chi connectivity index (χ0v) is 10.8. The molecule has 0 aliphatic heterocycles. The second-order valence-electron chi connectivity index (χ2n) is 3.11. The number of anilines is 1. The number of carbonyl (C=O) groups is 2. The summed E-state index contributed by atoms with van der Waals surface area (Å²) in [5, 5.41) is 1.95. The van der Waals surface area contributed by atoms with Gasteiger partial charge in [0.05, 0.1) is 0 Å². The van der Waals surface area contributed by atoms with Crippen molar-refractivity contribution in [3.8, 4) is 0 Å². The van der Waals surface area contributed by atoms with Gasteiger partial charge < -0.3 is 4.74 Å². The normalized spacial score (nSPS) is 9.76. The number of nitrogens with one attached hydrogen (secondary N) is 1. The lowest BCUT2D eigenvalue weighted by Gasteiger charge is -2.06. The minimum Gasteiger partial charge on any atom is -0.448 e.